The predicted octanol–water partition coefficient (Wildman–Crippen LogP) is 0.655. The van der Waals surface area contributed by atoms with Crippen molar-refractivity contribution in [2.75, 3.05) is 20.1 Å². The Morgan fingerprint density at radius 1 is 1.57 bits per heavy atom. The van der Waals surface area contributed by atoms with Crippen molar-refractivity contribution in [1.82, 2.24) is 15.6 Å². The summed E-state index contributed by atoms with van der Waals surface area (Å²) in [5, 5.41) is 6.77. The van der Waals surface area contributed by atoms with Gasteiger partial charge in [0.25, 0.3) is 5.91 Å². The summed E-state index contributed by atoms with van der Waals surface area (Å²) in [4.78, 5) is 16.3. The minimum atomic E-state index is -0.0301. The summed E-state index contributed by atoms with van der Waals surface area (Å²) in [5.74, 6) is -0.0301. The number of aromatic nitrogens is 1. The zero-order valence-corrected chi connectivity index (χ0v) is 9.28. The SMILES string of the molecule is CCc1ncc(C(=O)NCCNC)s1. The fourth-order valence-corrected chi connectivity index (χ4v) is 1.74. The summed E-state index contributed by atoms with van der Waals surface area (Å²) in [6, 6.07) is 0. The Hall–Kier alpha value is -0.940. The molecule has 1 aromatic heterocycles. The van der Waals surface area contributed by atoms with E-state index >= 15 is 0 Å². The average molecular weight is 213 g/mol. The van der Waals surface area contributed by atoms with Gasteiger partial charge in [0.2, 0.25) is 0 Å². The fourth-order valence-electron chi connectivity index (χ4n) is 0.967. The second-order valence-electron chi connectivity index (χ2n) is 2.83. The molecular formula is C9H15N3OS. The zero-order chi connectivity index (χ0) is 10.4. The highest BCUT2D eigenvalue weighted by Gasteiger charge is 2.08. The molecule has 1 heterocycles. The third-order valence-corrected chi connectivity index (χ3v) is 2.88. The first-order chi connectivity index (χ1) is 6.77. The van der Waals surface area contributed by atoms with E-state index in [0.29, 0.717) is 11.4 Å². The highest BCUT2D eigenvalue weighted by Crippen LogP contribution is 2.12. The van der Waals surface area contributed by atoms with Crippen molar-refractivity contribution in [2.24, 2.45) is 0 Å². The van der Waals surface area contributed by atoms with Crippen LogP contribution in [0.2, 0.25) is 0 Å². The van der Waals surface area contributed by atoms with Gasteiger partial charge in [-0.25, -0.2) is 4.98 Å². The van der Waals surface area contributed by atoms with Gasteiger partial charge in [0.05, 0.1) is 11.2 Å². The lowest BCUT2D eigenvalue weighted by molar-refractivity contribution is 0.0958. The number of aryl methyl sites for hydroxylation is 1. The lowest BCUT2D eigenvalue weighted by Crippen LogP contribution is -2.29. The molecule has 0 fully saturated rings. The molecule has 2 N–H and O–H groups in total. The van der Waals surface area contributed by atoms with Gasteiger partial charge in [0.15, 0.2) is 0 Å². The Balaban J connectivity index is 2.44. The molecule has 1 amide bonds. The first-order valence-corrected chi connectivity index (χ1v) is 5.47. The molecular weight excluding hydrogens is 198 g/mol. The molecule has 0 aliphatic carbocycles. The molecule has 1 rings (SSSR count). The van der Waals surface area contributed by atoms with Crippen molar-refractivity contribution in [3.63, 3.8) is 0 Å². The van der Waals surface area contributed by atoms with Crippen molar-refractivity contribution < 1.29 is 4.79 Å². The van der Waals surface area contributed by atoms with Crippen LogP contribution in [0.3, 0.4) is 0 Å². The Bertz CT molecular complexity index is 298. The van der Waals surface area contributed by atoms with Crippen LogP contribution in [0.5, 0.6) is 0 Å². The van der Waals surface area contributed by atoms with Crippen LogP contribution < -0.4 is 10.6 Å². The molecule has 78 valence electrons. The maximum absolute atomic E-state index is 11.5. The van der Waals surface area contributed by atoms with E-state index in [1.54, 1.807) is 6.20 Å². The summed E-state index contributed by atoms with van der Waals surface area (Å²) in [7, 11) is 1.86. The number of carbonyl (C=O) groups is 1. The van der Waals surface area contributed by atoms with Crippen molar-refractivity contribution >= 4 is 17.2 Å². The summed E-state index contributed by atoms with van der Waals surface area (Å²) in [6.45, 7) is 3.46. The van der Waals surface area contributed by atoms with E-state index in [4.69, 9.17) is 0 Å². The molecule has 0 atom stereocenters. The van der Waals surface area contributed by atoms with E-state index in [1.807, 2.05) is 14.0 Å². The van der Waals surface area contributed by atoms with Crippen molar-refractivity contribution in [2.45, 2.75) is 13.3 Å². The number of nitrogens with zero attached hydrogens (tertiary/aromatic N) is 1. The molecule has 1 aromatic rings. The van der Waals surface area contributed by atoms with Gasteiger partial charge in [-0.1, -0.05) is 6.92 Å². The molecule has 0 spiro atoms. The smallest absolute Gasteiger partial charge is 0.263 e. The van der Waals surface area contributed by atoms with E-state index in [2.05, 4.69) is 15.6 Å². The zero-order valence-electron chi connectivity index (χ0n) is 8.46. The number of carbonyl (C=O) groups excluding carboxylic acids is 1. The van der Waals surface area contributed by atoms with E-state index in [9.17, 15) is 4.79 Å². The molecule has 4 nitrogen and oxygen atoms in total. The van der Waals surface area contributed by atoms with Crippen LogP contribution in [-0.2, 0) is 6.42 Å². The van der Waals surface area contributed by atoms with Gasteiger partial charge in [-0.3, -0.25) is 4.79 Å². The van der Waals surface area contributed by atoms with Crippen LogP contribution in [0.1, 0.15) is 21.6 Å². The van der Waals surface area contributed by atoms with E-state index < -0.39 is 0 Å². The minimum absolute atomic E-state index is 0.0301. The van der Waals surface area contributed by atoms with Crippen LogP contribution >= 0.6 is 11.3 Å². The van der Waals surface area contributed by atoms with Crippen LogP contribution in [0.15, 0.2) is 6.20 Å². The molecule has 0 aromatic carbocycles. The van der Waals surface area contributed by atoms with Crippen molar-refractivity contribution in [3.8, 4) is 0 Å². The topological polar surface area (TPSA) is 54.0 Å². The summed E-state index contributed by atoms with van der Waals surface area (Å²) in [6.07, 6.45) is 2.52. The monoisotopic (exact) mass is 213 g/mol. The Morgan fingerprint density at radius 3 is 2.93 bits per heavy atom. The fraction of sp³-hybridized carbons (Fsp3) is 0.556. The van der Waals surface area contributed by atoms with Crippen LogP contribution in [0, 0.1) is 0 Å². The van der Waals surface area contributed by atoms with Gasteiger partial charge in [-0.05, 0) is 13.5 Å². The molecule has 0 radical (unpaired) electrons. The van der Waals surface area contributed by atoms with Gasteiger partial charge >= 0.3 is 0 Å². The molecule has 0 aliphatic rings. The predicted molar refractivity (Wildman–Crippen MR) is 57.8 cm³/mol. The first kappa shape index (κ1) is 11.1. The third kappa shape index (κ3) is 3.08. The average Bonchev–Trinajstić information content (AvgIpc) is 2.66. The lowest BCUT2D eigenvalue weighted by atomic mass is 10.5. The Kier molecular flexibility index (Phi) is 4.55. The van der Waals surface area contributed by atoms with Gasteiger partial charge in [-0.2, -0.15) is 0 Å². The lowest BCUT2D eigenvalue weighted by Gasteiger charge is -2.01. The molecule has 0 aliphatic heterocycles. The maximum atomic E-state index is 11.5. The van der Waals surface area contributed by atoms with Crippen molar-refractivity contribution in [3.05, 3.63) is 16.1 Å². The van der Waals surface area contributed by atoms with Gasteiger partial charge in [-0.15, -0.1) is 11.3 Å². The van der Waals surface area contributed by atoms with E-state index in [-0.39, 0.29) is 5.91 Å². The normalized spacial score (nSPS) is 10.1. The number of rotatable bonds is 5. The Morgan fingerprint density at radius 2 is 2.36 bits per heavy atom. The molecule has 0 saturated carbocycles. The number of hydrogen-bond acceptors (Lipinski definition) is 4. The number of hydrogen-bond donors (Lipinski definition) is 2. The van der Waals surface area contributed by atoms with Crippen LogP contribution in [0.4, 0.5) is 0 Å². The molecule has 0 bridgehead atoms. The van der Waals surface area contributed by atoms with E-state index in [1.165, 1.54) is 11.3 Å². The van der Waals surface area contributed by atoms with Gasteiger partial charge in [0.1, 0.15) is 4.88 Å². The Labute approximate surface area is 87.7 Å². The molecule has 14 heavy (non-hydrogen) atoms. The molecule has 0 saturated heterocycles. The number of nitrogens with one attached hydrogen (secondary N) is 2. The first-order valence-electron chi connectivity index (χ1n) is 4.65. The summed E-state index contributed by atoms with van der Waals surface area (Å²) in [5.41, 5.74) is 0. The van der Waals surface area contributed by atoms with Gasteiger partial charge < -0.3 is 10.6 Å². The quantitative estimate of drug-likeness (QED) is 0.706. The van der Waals surface area contributed by atoms with Crippen molar-refractivity contribution in [1.29, 1.82) is 0 Å². The standard InChI is InChI=1S/C9H15N3OS/c1-3-8-12-6-7(14-8)9(13)11-5-4-10-2/h6,10H,3-5H2,1-2H3,(H,11,13). The second kappa shape index (κ2) is 5.72. The largest absolute Gasteiger partial charge is 0.350 e. The van der Waals surface area contributed by atoms with E-state index in [0.717, 1.165) is 18.0 Å². The highest BCUT2D eigenvalue weighted by atomic mass is 32.1. The third-order valence-electron chi connectivity index (χ3n) is 1.74. The highest BCUT2D eigenvalue weighted by molar-refractivity contribution is 7.13. The van der Waals surface area contributed by atoms with Gasteiger partial charge in [0, 0.05) is 13.1 Å². The number of amides is 1. The van der Waals surface area contributed by atoms with Crippen LogP contribution in [0.25, 0.3) is 0 Å². The molecule has 5 heteroatoms. The van der Waals surface area contributed by atoms with Crippen LogP contribution in [-0.4, -0.2) is 31.0 Å². The maximum Gasteiger partial charge on any atom is 0.263 e. The minimum Gasteiger partial charge on any atom is -0.350 e. The molecule has 0 unspecified atom stereocenters. The second-order valence-corrected chi connectivity index (χ2v) is 3.95. The summed E-state index contributed by atoms with van der Waals surface area (Å²) >= 11 is 1.46. The number of likely N-dealkylation sites (N-methyl/N-ethyl adjacent to an activating group) is 1. The summed E-state index contributed by atoms with van der Waals surface area (Å²) < 4.78 is 0. The number of thiazole rings is 1.